The Bertz CT molecular complexity index is 999. The lowest BCUT2D eigenvalue weighted by molar-refractivity contribution is 0.247. The Morgan fingerprint density at radius 1 is 1.06 bits per heavy atom. The summed E-state index contributed by atoms with van der Waals surface area (Å²) in [5.41, 5.74) is 5.41. The predicted molar refractivity (Wildman–Crippen MR) is 135 cm³/mol. The first-order chi connectivity index (χ1) is 16.1. The Balaban J connectivity index is 1.35. The van der Waals surface area contributed by atoms with Crippen molar-refractivity contribution in [3.05, 3.63) is 95.3 Å². The van der Waals surface area contributed by atoms with E-state index in [9.17, 15) is 4.79 Å². The standard InChI is InChI=1S/C28H34N4O/c1-3-10-24-18-26(17-21(2)29-24)31-28(33)30-25-15-16-32(19-25)20-27(22-11-6-4-7-12-22)23-13-8-5-9-14-23/h4-9,11-14,17-18,25,27H,3,10,15-16,19-20H2,1-2H3,(H2,29,30,31,33)/t25-/m0/s1. The van der Waals surface area contributed by atoms with Crippen LogP contribution in [0.5, 0.6) is 0 Å². The predicted octanol–water partition coefficient (Wildman–Crippen LogP) is 5.37. The third-order valence-electron chi connectivity index (χ3n) is 6.22. The quantitative estimate of drug-likeness (QED) is 0.493. The maximum absolute atomic E-state index is 12.7. The van der Waals surface area contributed by atoms with Crippen molar-refractivity contribution in [1.82, 2.24) is 15.2 Å². The van der Waals surface area contributed by atoms with Crippen molar-refractivity contribution in [2.75, 3.05) is 25.0 Å². The van der Waals surface area contributed by atoms with Crippen molar-refractivity contribution in [2.24, 2.45) is 0 Å². The fourth-order valence-corrected chi connectivity index (χ4v) is 4.69. The zero-order chi connectivity index (χ0) is 23.0. The molecule has 1 saturated heterocycles. The first kappa shape index (κ1) is 23.0. The number of rotatable bonds is 8. The molecule has 1 atom stereocenters. The monoisotopic (exact) mass is 442 g/mol. The van der Waals surface area contributed by atoms with Gasteiger partial charge in [-0.3, -0.25) is 4.98 Å². The van der Waals surface area contributed by atoms with Gasteiger partial charge >= 0.3 is 6.03 Å². The number of nitrogens with zero attached hydrogens (tertiary/aromatic N) is 2. The molecule has 0 saturated carbocycles. The number of anilines is 1. The molecule has 0 radical (unpaired) electrons. The van der Waals surface area contributed by atoms with Crippen LogP contribution in [-0.4, -0.2) is 41.6 Å². The Kier molecular flexibility index (Phi) is 7.74. The lowest BCUT2D eigenvalue weighted by Crippen LogP contribution is -2.40. The zero-order valence-electron chi connectivity index (χ0n) is 19.6. The van der Waals surface area contributed by atoms with E-state index >= 15 is 0 Å². The van der Waals surface area contributed by atoms with Gasteiger partial charge in [0.05, 0.1) is 0 Å². The van der Waals surface area contributed by atoms with Crippen LogP contribution in [0.25, 0.3) is 0 Å². The van der Waals surface area contributed by atoms with Crippen LogP contribution in [0.1, 0.15) is 48.2 Å². The number of nitrogens with one attached hydrogen (secondary N) is 2. The number of urea groups is 1. The molecule has 1 aliphatic rings. The van der Waals surface area contributed by atoms with Gasteiger partial charge in [0.2, 0.25) is 0 Å². The van der Waals surface area contributed by atoms with E-state index in [-0.39, 0.29) is 12.1 Å². The summed E-state index contributed by atoms with van der Waals surface area (Å²) in [5, 5.41) is 6.18. The Hall–Kier alpha value is -3.18. The van der Waals surface area contributed by atoms with E-state index in [1.807, 2.05) is 19.1 Å². The second-order valence-electron chi connectivity index (χ2n) is 8.96. The molecule has 2 N–H and O–H groups in total. The Morgan fingerprint density at radius 2 is 1.73 bits per heavy atom. The van der Waals surface area contributed by atoms with Gasteiger partial charge < -0.3 is 15.5 Å². The highest BCUT2D eigenvalue weighted by Gasteiger charge is 2.27. The maximum Gasteiger partial charge on any atom is 0.319 e. The smallest absolute Gasteiger partial charge is 0.319 e. The van der Waals surface area contributed by atoms with Crippen LogP contribution in [0, 0.1) is 6.92 Å². The lowest BCUT2D eigenvalue weighted by atomic mass is 9.91. The van der Waals surface area contributed by atoms with E-state index < -0.39 is 0 Å². The van der Waals surface area contributed by atoms with Crippen molar-refractivity contribution >= 4 is 11.7 Å². The summed E-state index contributed by atoms with van der Waals surface area (Å²) in [5.74, 6) is 0.316. The molecule has 0 spiro atoms. The van der Waals surface area contributed by atoms with Crippen LogP contribution < -0.4 is 10.6 Å². The fraction of sp³-hybridized carbons (Fsp3) is 0.357. The van der Waals surface area contributed by atoms with Crippen LogP contribution in [0.4, 0.5) is 10.5 Å². The molecule has 5 nitrogen and oxygen atoms in total. The molecule has 0 aliphatic carbocycles. The number of aromatic nitrogens is 1. The third-order valence-corrected chi connectivity index (χ3v) is 6.22. The zero-order valence-corrected chi connectivity index (χ0v) is 19.6. The highest BCUT2D eigenvalue weighted by molar-refractivity contribution is 5.89. The van der Waals surface area contributed by atoms with E-state index in [1.165, 1.54) is 11.1 Å². The first-order valence-corrected chi connectivity index (χ1v) is 12.0. The molecule has 2 heterocycles. The van der Waals surface area contributed by atoms with E-state index in [1.54, 1.807) is 0 Å². The van der Waals surface area contributed by atoms with E-state index in [4.69, 9.17) is 0 Å². The molecule has 2 amide bonds. The SMILES string of the molecule is CCCc1cc(NC(=O)N[C@H]2CCN(CC(c3ccccc3)c3ccccc3)C2)cc(C)n1. The molecular formula is C28H34N4O. The number of hydrogen-bond donors (Lipinski definition) is 2. The number of carbonyl (C=O) groups is 1. The summed E-state index contributed by atoms with van der Waals surface area (Å²) in [7, 11) is 0. The topological polar surface area (TPSA) is 57.3 Å². The van der Waals surface area contributed by atoms with Crippen molar-refractivity contribution in [3.63, 3.8) is 0 Å². The molecular weight excluding hydrogens is 408 g/mol. The fourth-order valence-electron chi connectivity index (χ4n) is 4.69. The van der Waals surface area contributed by atoms with Gasteiger partial charge in [-0.1, -0.05) is 74.0 Å². The second-order valence-corrected chi connectivity index (χ2v) is 8.96. The number of aryl methyl sites for hydroxylation is 2. The van der Waals surface area contributed by atoms with Gasteiger partial charge in [-0.05, 0) is 43.0 Å². The summed E-state index contributed by atoms with van der Waals surface area (Å²) in [6.45, 7) is 6.89. The van der Waals surface area contributed by atoms with Crippen LogP contribution in [-0.2, 0) is 6.42 Å². The molecule has 2 aromatic carbocycles. The summed E-state index contributed by atoms with van der Waals surface area (Å²) in [6, 6.07) is 25.3. The first-order valence-electron chi connectivity index (χ1n) is 12.0. The molecule has 5 heteroatoms. The van der Waals surface area contributed by atoms with Gasteiger partial charge in [0.15, 0.2) is 0 Å². The largest absolute Gasteiger partial charge is 0.334 e. The number of amides is 2. The van der Waals surface area contributed by atoms with Gasteiger partial charge in [0.25, 0.3) is 0 Å². The average molecular weight is 443 g/mol. The van der Waals surface area contributed by atoms with Crippen LogP contribution in [0.2, 0.25) is 0 Å². The Labute approximate surface area is 197 Å². The Morgan fingerprint density at radius 3 is 2.36 bits per heavy atom. The highest BCUT2D eigenvalue weighted by Crippen LogP contribution is 2.27. The minimum absolute atomic E-state index is 0.141. The van der Waals surface area contributed by atoms with E-state index in [0.29, 0.717) is 5.92 Å². The summed E-state index contributed by atoms with van der Waals surface area (Å²) in [6.07, 6.45) is 2.91. The van der Waals surface area contributed by atoms with Gasteiger partial charge in [-0.25, -0.2) is 4.79 Å². The molecule has 4 rings (SSSR count). The van der Waals surface area contributed by atoms with E-state index in [0.717, 1.165) is 56.0 Å². The molecule has 33 heavy (non-hydrogen) atoms. The highest BCUT2D eigenvalue weighted by atomic mass is 16.2. The van der Waals surface area contributed by atoms with Crippen molar-refractivity contribution in [2.45, 2.75) is 45.1 Å². The lowest BCUT2D eigenvalue weighted by Gasteiger charge is -2.25. The van der Waals surface area contributed by atoms with Gasteiger partial charge in [-0.15, -0.1) is 0 Å². The average Bonchev–Trinajstić information content (AvgIpc) is 3.25. The summed E-state index contributed by atoms with van der Waals surface area (Å²) < 4.78 is 0. The van der Waals surface area contributed by atoms with Crippen LogP contribution in [0.15, 0.2) is 72.8 Å². The summed E-state index contributed by atoms with van der Waals surface area (Å²) in [4.78, 5) is 19.7. The number of benzene rings is 2. The molecule has 1 aromatic heterocycles. The number of carbonyl (C=O) groups excluding carboxylic acids is 1. The molecule has 0 unspecified atom stereocenters. The summed E-state index contributed by atoms with van der Waals surface area (Å²) >= 11 is 0. The maximum atomic E-state index is 12.7. The molecule has 1 fully saturated rings. The normalized spacial score (nSPS) is 16.2. The van der Waals surface area contributed by atoms with Crippen LogP contribution >= 0.6 is 0 Å². The third kappa shape index (κ3) is 6.42. The number of likely N-dealkylation sites (tertiary alicyclic amines) is 1. The minimum atomic E-state index is -0.141. The van der Waals surface area contributed by atoms with Crippen molar-refractivity contribution < 1.29 is 4.79 Å². The molecule has 3 aromatic rings. The molecule has 172 valence electrons. The van der Waals surface area contributed by atoms with Crippen molar-refractivity contribution in [1.29, 1.82) is 0 Å². The number of hydrogen-bond acceptors (Lipinski definition) is 3. The molecule has 0 bridgehead atoms. The second kappa shape index (κ2) is 11.1. The van der Waals surface area contributed by atoms with Gasteiger partial charge in [0.1, 0.15) is 0 Å². The van der Waals surface area contributed by atoms with Crippen LogP contribution in [0.3, 0.4) is 0 Å². The van der Waals surface area contributed by atoms with Gasteiger partial charge in [-0.2, -0.15) is 0 Å². The van der Waals surface area contributed by atoms with Gasteiger partial charge in [0, 0.05) is 48.7 Å². The molecule has 1 aliphatic heterocycles. The number of pyridine rings is 1. The minimum Gasteiger partial charge on any atom is -0.334 e. The van der Waals surface area contributed by atoms with E-state index in [2.05, 4.69) is 88.1 Å². The van der Waals surface area contributed by atoms with Crippen molar-refractivity contribution in [3.8, 4) is 0 Å².